The van der Waals surface area contributed by atoms with Crippen LogP contribution in [0.2, 0.25) is 0 Å². The van der Waals surface area contributed by atoms with Gasteiger partial charge >= 0.3 is 0 Å². The zero-order valence-electron chi connectivity index (χ0n) is 14.1. The topological polar surface area (TPSA) is 70.9 Å². The molecule has 1 aromatic rings. The molecule has 1 aromatic carbocycles. The van der Waals surface area contributed by atoms with Crippen LogP contribution >= 0.6 is 0 Å². The fraction of sp³-hybridized carbons (Fsp3) is 0.611. The van der Waals surface area contributed by atoms with Gasteiger partial charge in [-0.15, -0.1) is 4.72 Å². The average molecular weight is 331 g/mol. The van der Waals surface area contributed by atoms with Crippen LogP contribution in [0.5, 0.6) is 0 Å². The van der Waals surface area contributed by atoms with Gasteiger partial charge in [0.05, 0.1) is 17.7 Å². The average Bonchev–Trinajstić information content (AvgIpc) is 2.79. The molecule has 2 atom stereocenters. The summed E-state index contributed by atoms with van der Waals surface area (Å²) in [5.74, 6) is 0. The molecule has 3 rings (SSSR count). The molecule has 0 saturated carbocycles. The number of rotatable bonds is 2. The molecule has 5 heteroatoms. The third-order valence-electron chi connectivity index (χ3n) is 5.12. The number of benzene rings is 1. The summed E-state index contributed by atoms with van der Waals surface area (Å²) in [7, 11) is 0. The van der Waals surface area contributed by atoms with E-state index in [1.165, 1.54) is 11.1 Å². The first-order chi connectivity index (χ1) is 10.9. The van der Waals surface area contributed by atoms with E-state index in [-0.39, 0.29) is 16.2 Å². The van der Waals surface area contributed by atoms with Crippen LogP contribution in [0.4, 0.5) is 0 Å². The molecule has 124 valence electrons. The summed E-state index contributed by atoms with van der Waals surface area (Å²) < 4.78 is 15.9. The molecule has 2 unspecified atom stereocenters. The van der Waals surface area contributed by atoms with Crippen molar-refractivity contribution in [1.82, 2.24) is 10.0 Å². The highest BCUT2D eigenvalue weighted by Gasteiger charge is 2.49. The largest absolute Gasteiger partial charge is 0.598 e. The predicted octanol–water partition coefficient (Wildman–Crippen LogP) is 2.58. The lowest BCUT2D eigenvalue weighted by Gasteiger charge is -2.40. The Morgan fingerprint density at radius 1 is 1.35 bits per heavy atom. The van der Waals surface area contributed by atoms with Crippen molar-refractivity contribution < 1.29 is 4.55 Å². The lowest BCUT2D eigenvalue weighted by molar-refractivity contribution is 0.163. The van der Waals surface area contributed by atoms with Crippen LogP contribution in [0.1, 0.15) is 56.3 Å². The molecule has 1 saturated heterocycles. The molecule has 0 radical (unpaired) electrons. The van der Waals surface area contributed by atoms with Gasteiger partial charge in [-0.05, 0) is 76.4 Å². The van der Waals surface area contributed by atoms with Gasteiger partial charge < -0.3 is 9.87 Å². The molecular formula is C18H25N3OS. The number of hydrogen-bond acceptors (Lipinski definition) is 4. The summed E-state index contributed by atoms with van der Waals surface area (Å²) in [4.78, 5) is 0. The second kappa shape index (κ2) is 6.10. The molecule has 1 spiro atoms. The Hall–Kier alpha value is -1.06. The lowest BCUT2D eigenvalue weighted by Crippen LogP contribution is -2.48. The van der Waals surface area contributed by atoms with Crippen LogP contribution in [-0.4, -0.2) is 22.4 Å². The van der Waals surface area contributed by atoms with E-state index in [1.54, 1.807) is 0 Å². The number of nitrogens with one attached hydrogen (secondary N) is 2. The third kappa shape index (κ3) is 3.14. The molecule has 0 amide bonds. The standard InChI is InChI=1S/C18H25N3OS/c1-17(2,3)23(22)21-16-15-5-4-13(12-19)10-14(15)11-18(16)6-8-20-9-7-18/h4-5,10,16,20-21H,6-9,11H2,1-3H3. The molecule has 2 aliphatic rings. The first-order valence-electron chi connectivity index (χ1n) is 8.27. The van der Waals surface area contributed by atoms with E-state index in [9.17, 15) is 4.55 Å². The number of nitrogens with zero attached hydrogens (tertiary/aromatic N) is 1. The minimum Gasteiger partial charge on any atom is -0.598 e. The van der Waals surface area contributed by atoms with Gasteiger partial charge in [0.2, 0.25) is 0 Å². The van der Waals surface area contributed by atoms with Crippen LogP contribution in [-0.2, 0) is 17.8 Å². The zero-order valence-corrected chi connectivity index (χ0v) is 14.9. The highest BCUT2D eigenvalue weighted by atomic mass is 32.2. The van der Waals surface area contributed by atoms with E-state index < -0.39 is 11.4 Å². The lowest BCUT2D eigenvalue weighted by atomic mass is 9.73. The fourth-order valence-corrected chi connectivity index (χ4v) is 4.73. The van der Waals surface area contributed by atoms with Gasteiger partial charge in [0.15, 0.2) is 0 Å². The van der Waals surface area contributed by atoms with Crippen LogP contribution < -0.4 is 10.0 Å². The van der Waals surface area contributed by atoms with E-state index in [0.29, 0.717) is 5.56 Å². The highest BCUT2D eigenvalue weighted by Crippen LogP contribution is 2.51. The number of hydrogen-bond donors (Lipinski definition) is 2. The first-order valence-corrected chi connectivity index (χ1v) is 9.42. The Kier molecular flexibility index (Phi) is 4.45. The van der Waals surface area contributed by atoms with Gasteiger partial charge in [-0.3, -0.25) is 0 Å². The molecule has 1 aliphatic heterocycles. The van der Waals surface area contributed by atoms with E-state index in [2.05, 4.69) is 22.2 Å². The van der Waals surface area contributed by atoms with E-state index >= 15 is 0 Å². The minimum absolute atomic E-state index is 0.104. The molecule has 1 aliphatic carbocycles. The minimum atomic E-state index is -1.10. The quantitative estimate of drug-likeness (QED) is 0.817. The Bertz CT molecular complexity index is 626. The number of fused-ring (bicyclic) bond motifs is 1. The van der Waals surface area contributed by atoms with Crippen molar-refractivity contribution >= 4 is 11.4 Å². The van der Waals surface area contributed by atoms with Crippen molar-refractivity contribution in [2.45, 2.75) is 50.8 Å². The van der Waals surface area contributed by atoms with Crippen LogP contribution in [0, 0.1) is 16.7 Å². The Morgan fingerprint density at radius 3 is 2.65 bits per heavy atom. The maximum Gasteiger partial charge on any atom is 0.136 e. The Labute approximate surface area is 142 Å². The van der Waals surface area contributed by atoms with Crippen molar-refractivity contribution in [3.8, 4) is 6.07 Å². The van der Waals surface area contributed by atoms with Gasteiger partial charge in [-0.1, -0.05) is 6.07 Å². The fourth-order valence-electron chi connectivity index (χ4n) is 3.78. The predicted molar refractivity (Wildman–Crippen MR) is 93.2 cm³/mol. The van der Waals surface area contributed by atoms with Crippen molar-refractivity contribution in [3.05, 3.63) is 34.9 Å². The maximum absolute atomic E-state index is 12.7. The molecule has 1 fully saturated rings. The zero-order chi connectivity index (χ0) is 16.7. The van der Waals surface area contributed by atoms with E-state index in [0.717, 1.165) is 32.4 Å². The monoisotopic (exact) mass is 331 g/mol. The normalized spacial score (nSPS) is 24.2. The van der Waals surface area contributed by atoms with Crippen molar-refractivity contribution in [2.24, 2.45) is 5.41 Å². The van der Waals surface area contributed by atoms with Gasteiger partial charge in [0.1, 0.15) is 4.75 Å². The molecule has 1 heterocycles. The van der Waals surface area contributed by atoms with Crippen LogP contribution in [0.25, 0.3) is 0 Å². The van der Waals surface area contributed by atoms with Crippen LogP contribution in [0.3, 0.4) is 0 Å². The molecule has 23 heavy (non-hydrogen) atoms. The highest BCUT2D eigenvalue weighted by molar-refractivity contribution is 7.90. The van der Waals surface area contributed by atoms with Crippen LogP contribution in [0.15, 0.2) is 18.2 Å². The summed E-state index contributed by atoms with van der Waals surface area (Å²) in [6.07, 6.45) is 3.11. The number of piperidine rings is 1. The summed E-state index contributed by atoms with van der Waals surface area (Å²) in [6.45, 7) is 8.00. The summed E-state index contributed by atoms with van der Waals surface area (Å²) in [5, 5.41) is 12.6. The molecule has 2 N–H and O–H groups in total. The first kappa shape index (κ1) is 16.8. The molecule has 0 aromatic heterocycles. The second-order valence-corrected chi connectivity index (χ2v) is 9.74. The van der Waals surface area contributed by atoms with E-state index in [4.69, 9.17) is 5.26 Å². The third-order valence-corrected chi connectivity index (χ3v) is 6.68. The molecule has 0 bridgehead atoms. The van der Waals surface area contributed by atoms with Gasteiger partial charge in [-0.2, -0.15) is 5.26 Å². The Morgan fingerprint density at radius 2 is 2.04 bits per heavy atom. The van der Waals surface area contributed by atoms with Gasteiger partial charge in [0.25, 0.3) is 0 Å². The van der Waals surface area contributed by atoms with Crippen molar-refractivity contribution in [1.29, 1.82) is 5.26 Å². The SMILES string of the molecule is CC(C)(C)[S+]([O-])NC1c2ccc(C#N)cc2CC12CCNCC2. The summed E-state index contributed by atoms with van der Waals surface area (Å²) in [5.41, 5.74) is 3.30. The second-order valence-electron chi connectivity index (χ2n) is 7.75. The van der Waals surface area contributed by atoms with Gasteiger partial charge in [-0.25, -0.2) is 0 Å². The maximum atomic E-state index is 12.7. The van der Waals surface area contributed by atoms with E-state index in [1.807, 2.05) is 32.9 Å². The summed E-state index contributed by atoms with van der Waals surface area (Å²) in [6, 6.07) is 8.29. The van der Waals surface area contributed by atoms with Gasteiger partial charge in [0, 0.05) is 16.8 Å². The van der Waals surface area contributed by atoms with Crippen molar-refractivity contribution in [3.63, 3.8) is 0 Å². The molecular weight excluding hydrogens is 306 g/mol. The smallest absolute Gasteiger partial charge is 0.136 e. The Balaban J connectivity index is 1.96. The van der Waals surface area contributed by atoms with Crippen molar-refractivity contribution in [2.75, 3.05) is 13.1 Å². The summed E-state index contributed by atoms with van der Waals surface area (Å²) >= 11 is -1.10. The number of nitriles is 1. The molecule has 4 nitrogen and oxygen atoms in total.